The Morgan fingerprint density at radius 3 is 2.04 bits per heavy atom. The standard InChI is InChI=1S/C44H29NO/c1-2-11-30(12-3-1)34-16-8-17-36(29-34)45(35-26-23-33(24-27-35)38-20-9-15-31-13-4-6-18-37(31)38)41-21-10-22-42-43(41)40-28-25-32-14-5-7-19-39(32)44(40)46-42/h1-29H/i8D,16D,17D,29D. The SMILES string of the molecule is [2H]c1c([2H])c(-c2ccccc2)c([2H])c(N(c2ccc(-c3cccc4ccccc34)cc2)c2cccc3oc4c5ccccc5ccc4c23)c1[2H]. The van der Waals surface area contributed by atoms with Gasteiger partial charge in [-0.25, -0.2) is 0 Å². The molecule has 0 saturated carbocycles. The van der Waals surface area contributed by atoms with E-state index < -0.39 is 0 Å². The molecule has 0 aliphatic heterocycles. The van der Waals surface area contributed by atoms with Crippen LogP contribution in [0.4, 0.5) is 17.1 Å². The van der Waals surface area contributed by atoms with Crippen LogP contribution < -0.4 is 4.90 Å². The van der Waals surface area contributed by atoms with Crippen LogP contribution in [-0.4, -0.2) is 0 Å². The summed E-state index contributed by atoms with van der Waals surface area (Å²) in [6.07, 6.45) is 0. The zero-order valence-electron chi connectivity index (χ0n) is 28.8. The minimum Gasteiger partial charge on any atom is -0.455 e. The van der Waals surface area contributed by atoms with Crippen LogP contribution in [-0.2, 0) is 0 Å². The van der Waals surface area contributed by atoms with Gasteiger partial charge in [-0.1, -0.05) is 133 Å². The van der Waals surface area contributed by atoms with Gasteiger partial charge in [0.05, 0.1) is 16.6 Å². The number of hydrogen-bond acceptors (Lipinski definition) is 2. The first-order valence-corrected chi connectivity index (χ1v) is 15.4. The van der Waals surface area contributed by atoms with E-state index in [1.807, 2.05) is 89.8 Å². The fourth-order valence-corrected chi connectivity index (χ4v) is 6.57. The number of hydrogen-bond donors (Lipinski definition) is 0. The molecule has 0 spiro atoms. The quantitative estimate of drug-likeness (QED) is 0.198. The van der Waals surface area contributed by atoms with Crippen LogP contribution in [0.25, 0.3) is 65.7 Å². The van der Waals surface area contributed by atoms with Gasteiger partial charge in [-0.2, -0.15) is 0 Å². The van der Waals surface area contributed by atoms with Crippen molar-refractivity contribution in [3.8, 4) is 22.3 Å². The summed E-state index contributed by atoms with van der Waals surface area (Å²) in [6.45, 7) is 0. The second-order valence-electron chi connectivity index (χ2n) is 11.4. The van der Waals surface area contributed by atoms with Crippen LogP contribution in [0.1, 0.15) is 5.48 Å². The molecule has 2 heteroatoms. The van der Waals surface area contributed by atoms with Crippen molar-refractivity contribution in [3.63, 3.8) is 0 Å². The number of benzene rings is 8. The molecule has 0 fully saturated rings. The predicted molar refractivity (Wildman–Crippen MR) is 194 cm³/mol. The van der Waals surface area contributed by atoms with Crippen molar-refractivity contribution in [2.45, 2.75) is 0 Å². The third-order valence-electron chi connectivity index (χ3n) is 8.73. The Hall–Kier alpha value is -6.12. The van der Waals surface area contributed by atoms with Crippen LogP contribution in [0, 0.1) is 0 Å². The smallest absolute Gasteiger partial charge is 0.143 e. The van der Waals surface area contributed by atoms with E-state index >= 15 is 0 Å². The summed E-state index contributed by atoms with van der Waals surface area (Å²) in [6, 6.07) is 49.6. The van der Waals surface area contributed by atoms with Gasteiger partial charge in [-0.15, -0.1) is 0 Å². The van der Waals surface area contributed by atoms with Crippen LogP contribution >= 0.6 is 0 Å². The highest BCUT2D eigenvalue weighted by atomic mass is 16.3. The largest absolute Gasteiger partial charge is 0.455 e. The van der Waals surface area contributed by atoms with E-state index in [1.165, 1.54) is 0 Å². The zero-order chi connectivity index (χ0) is 33.9. The summed E-state index contributed by atoms with van der Waals surface area (Å²) in [4.78, 5) is 1.90. The number of nitrogens with zero attached hydrogens (tertiary/aromatic N) is 1. The highest BCUT2D eigenvalue weighted by Crippen LogP contribution is 2.45. The van der Waals surface area contributed by atoms with Crippen molar-refractivity contribution >= 4 is 60.5 Å². The molecular formula is C44H29NO. The van der Waals surface area contributed by atoms with Gasteiger partial charge in [0.2, 0.25) is 0 Å². The number of fused-ring (bicyclic) bond motifs is 6. The summed E-state index contributed by atoms with van der Waals surface area (Å²) in [7, 11) is 0. The monoisotopic (exact) mass is 591 g/mol. The molecule has 46 heavy (non-hydrogen) atoms. The van der Waals surface area contributed by atoms with Crippen LogP contribution in [0.2, 0.25) is 0 Å². The van der Waals surface area contributed by atoms with Gasteiger partial charge < -0.3 is 9.32 Å². The Balaban J connectivity index is 1.33. The van der Waals surface area contributed by atoms with E-state index in [1.54, 1.807) is 0 Å². The van der Waals surface area contributed by atoms with Gasteiger partial charge in [0.15, 0.2) is 0 Å². The molecule has 0 unspecified atom stereocenters. The first-order chi connectivity index (χ1) is 24.5. The fourth-order valence-electron chi connectivity index (χ4n) is 6.57. The molecule has 0 radical (unpaired) electrons. The maximum atomic E-state index is 9.61. The molecule has 0 amide bonds. The third-order valence-corrected chi connectivity index (χ3v) is 8.73. The maximum Gasteiger partial charge on any atom is 0.143 e. The topological polar surface area (TPSA) is 16.4 Å². The summed E-state index contributed by atoms with van der Waals surface area (Å²) in [5.74, 6) is 0. The highest BCUT2D eigenvalue weighted by molar-refractivity contribution is 6.19. The Bertz CT molecular complexity index is 2750. The molecule has 0 saturated heterocycles. The van der Waals surface area contributed by atoms with Crippen LogP contribution in [0.15, 0.2) is 180 Å². The lowest BCUT2D eigenvalue weighted by molar-refractivity contribution is 0.672. The van der Waals surface area contributed by atoms with Crippen LogP contribution in [0.3, 0.4) is 0 Å². The normalized spacial score (nSPS) is 12.7. The zero-order valence-corrected chi connectivity index (χ0v) is 24.8. The summed E-state index contributed by atoms with van der Waals surface area (Å²) in [5, 5.41) is 6.14. The molecule has 0 N–H and O–H groups in total. The minimum atomic E-state index is -0.234. The molecule has 9 aromatic rings. The molecule has 0 aliphatic carbocycles. The average Bonchev–Trinajstić information content (AvgIpc) is 3.56. The lowest BCUT2D eigenvalue weighted by Gasteiger charge is -2.27. The second-order valence-corrected chi connectivity index (χ2v) is 11.4. The van der Waals surface area contributed by atoms with Crippen molar-refractivity contribution in [1.82, 2.24) is 0 Å². The summed E-state index contributed by atoms with van der Waals surface area (Å²) >= 11 is 0. The van der Waals surface area contributed by atoms with Crippen LogP contribution in [0.5, 0.6) is 0 Å². The lowest BCUT2D eigenvalue weighted by atomic mass is 9.98. The van der Waals surface area contributed by atoms with Gasteiger partial charge in [-0.05, 0) is 80.8 Å². The Morgan fingerprint density at radius 1 is 0.478 bits per heavy atom. The molecule has 1 heterocycles. The van der Waals surface area contributed by atoms with E-state index in [0.717, 1.165) is 54.7 Å². The van der Waals surface area contributed by atoms with E-state index in [4.69, 9.17) is 7.16 Å². The first kappa shape index (κ1) is 22.4. The number of furan rings is 1. The molecule has 0 atom stereocenters. The maximum absolute atomic E-state index is 9.61. The molecule has 9 rings (SSSR count). The van der Waals surface area contributed by atoms with Crippen molar-refractivity contribution in [3.05, 3.63) is 176 Å². The van der Waals surface area contributed by atoms with Crippen molar-refractivity contribution in [2.24, 2.45) is 0 Å². The van der Waals surface area contributed by atoms with Crippen molar-refractivity contribution < 1.29 is 9.90 Å². The molecule has 0 aliphatic rings. The Morgan fingerprint density at radius 2 is 1.20 bits per heavy atom. The number of rotatable bonds is 5. The summed E-state index contributed by atoms with van der Waals surface area (Å²) in [5.41, 5.74) is 6.21. The molecular weight excluding hydrogens is 558 g/mol. The van der Waals surface area contributed by atoms with Gasteiger partial charge >= 0.3 is 0 Å². The molecule has 8 aromatic carbocycles. The Labute approximate surface area is 273 Å². The van der Waals surface area contributed by atoms with Gasteiger partial charge in [0.25, 0.3) is 0 Å². The van der Waals surface area contributed by atoms with Gasteiger partial charge in [0, 0.05) is 22.1 Å². The Kier molecular flexibility index (Phi) is 5.26. The minimum absolute atomic E-state index is 0.00980. The molecule has 1 aromatic heterocycles. The fraction of sp³-hybridized carbons (Fsp3) is 0. The van der Waals surface area contributed by atoms with E-state index in [9.17, 15) is 2.74 Å². The van der Waals surface area contributed by atoms with Crippen molar-refractivity contribution in [1.29, 1.82) is 0 Å². The summed E-state index contributed by atoms with van der Waals surface area (Å²) < 4.78 is 43.3. The van der Waals surface area contributed by atoms with E-state index in [-0.39, 0.29) is 29.9 Å². The number of anilines is 3. The highest BCUT2D eigenvalue weighted by Gasteiger charge is 2.21. The lowest BCUT2D eigenvalue weighted by Crippen LogP contribution is -2.10. The third kappa shape index (κ3) is 4.35. The average molecular weight is 592 g/mol. The molecule has 2 nitrogen and oxygen atoms in total. The second kappa shape index (κ2) is 10.8. The molecule has 0 bridgehead atoms. The van der Waals surface area contributed by atoms with Gasteiger partial charge in [0.1, 0.15) is 11.2 Å². The molecule has 216 valence electrons. The van der Waals surface area contributed by atoms with E-state index in [0.29, 0.717) is 22.4 Å². The predicted octanol–water partition coefficient (Wildman–Crippen LogP) is 12.7. The first-order valence-electron chi connectivity index (χ1n) is 17.4. The van der Waals surface area contributed by atoms with Gasteiger partial charge in [-0.3, -0.25) is 0 Å². The van der Waals surface area contributed by atoms with Crippen molar-refractivity contribution in [2.75, 3.05) is 4.90 Å². The van der Waals surface area contributed by atoms with E-state index in [2.05, 4.69) is 66.7 Å².